The van der Waals surface area contributed by atoms with E-state index in [0.29, 0.717) is 6.04 Å². The first-order valence-electron chi connectivity index (χ1n) is 8.86. The molecule has 0 radical (unpaired) electrons. The van der Waals surface area contributed by atoms with Crippen molar-refractivity contribution < 1.29 is 9.53 Å². The lowest BCUT2D eigenvalue weighted by Crippen LogP contribution is -2.61. The highest BCUT2D eigenvalue weighted by Gasteiger charge is 2.42. The molecule has 126 valence electrons. The molecule has 2 N–H and O–H groups in total. The van der Waals surface area contributed by atoms with Crippen LogP contribution in [0.4, 0.5) is 4.79 Å². The van der Waals surface area contributed by atoms with E-state index in [1.54, 1.807) is 0 Å². The van der Waals surface area contributed by atoms with Crippen molar-refractivity contribution in [3.05, 3.63) is 0 Å². The number of ether oxygens (including phenoxy) is 1. The maximum absolute atomic E-state index is 12.1. The summed E-state index contributed by atoms with van der Waals surface area (Å²) in [4.78, 5) is 14.7. The number of nitrogens with one attached hydrogen (secondary N) is 2. The molecule has 0 spiro atoms. The molecule has 2 unspecified atom stereocenters. The molecule has 5 heteroatoms. The third kappa shape index (κ3) is 3.57. The Kier molecular flexibility index (Phi) is 4.38. The van der Waals surface area contributed by atoms with Gasteiger partial charge in [-0.2, -0.15) is 0 Å². The average Bonchev–Trinajstić information content (AvgIpc) is 2.93. The zero-order valence-electron chi connectivity index (χ0n) is 14.3. The lowest BCUT2D eigenvalue weighted by atomic mass is 9.76. The van der Waals surface area contributed by atoms with Crippen LogP contribution in [0.2, 0.25) is 0 Å². The Balaban J connectivity index is 1.50. The lowest BCUT2D eigenvalue weighted by molar-refractivity contribution is 0.0377. The minimum Gasteiger partial charge on any atom is -0.444 e. The molecule has 3 fully saturated rings. The quantitative estimate of drug-likeness (QED) is 0.836. The summed E-state index contributed by atoms with van der Waals surface area (Å²) in [6.45, 7) is 9.10. The monoisotopic (exact) mass is 309 g/mol. The predicted octanol–water partition coefficient (Wildman–Crippen LogP) is 2.26. The number of rotatable bonds is 4. The molecule has 2 atom stereocenters. The summed E-state index contributed by atoms with van der Waals surface area (Å²) in [5, 5.41) is 6.88. The van der Waals surface area contributed by atoms with E-state index in [2.05, 4.69) is 15.5 Å². The SMILES string of the molecule is CC(C)(C)OC(=O)NC1(CNC2CCN3CCCC23)CCC1. The van der Waals surface area contributed by atoms with Gasteiger partial charge >= 0.3 is 6.09 Å². The van der Waals surface area contributed by atoms with Crippen LogP contribution < -0.4 is 10.6 Å². The fourth-order valence-electron chi connectivity index (χ4n) is 4.12. The Morgan fingerprint density at radius 3 is 2.64 bits per heavy atom. The lowest BCUT2D eigenvalue weighted by Gasteiger charge is -2.43. The zero-order valence-corrected chi connectivity index (χ0v) is 14.3. The van der Waals surface area contributed by atoms with E-state index < -0.39 is 5.60 Å². The number of hydrogen-bond acceptors (Lipinski definition) is 4. The third-order valence-electron chi connectivity index (χ3n) is 5.39. The van der Waals surface area contributed by atoms with E-state index in [-0.39, 0.29) is 11.6 Å². The first-order valence-corrected chi connectivity index (χ1v) is 8.86. The van der Waals surface area contributed by atoms with Gasteiger partial charge in [0.2, 0.25) is 0 Å². The summed E-state index contributed by atoms with van der Waals surface area (Å²) >= 11 is 0. The second kappa shape index (κ2) is 6.00. The molecule has 2 heterocycles. The first-order chi connectivity index (χ1) is 10.4. The summed E-state index contributed by atoms with van der Waals surface area (Å²) in [5.41, 5.74) is -0.521. The van der Waals surface area contributed by atoms with Crippen LogP contribution in [0.3, 0.4) is 0 Å². The zero-order chi connectivity index (χ0) is 15.8. The smallest absolute Gasteiger partial charge is 0.408 e. The predicted molar refractivity (Wildman–Crippen MR) is 87.0 cm³/mol. The second-order valence-corrected chi connectivity index (χ2v) is 8.28. The van der Waals surface area contributed by atoms with Crippen molar-refractivity contribution in [3.8, 4) is 0 Å². The Morgan fingerprint density at radius 2 is 2.00 bits per heavy atom. The maximum Gasteiger partial charge on any atom is 0.408 e. The minimum atomic E-state index is -0.432. The van der Waals surface area contributed by atoms with E-state index in [1.807, 2.05) is 20.8 Å². The molecule has 0 aromatic heterocycles. The first kappa shape index (κ1) is 16.1. The van der Waals surface area contributed by atoms with Crippen LogP contribution in [-0.2, 0) is 4.74 Å². The average molecular weight is 309 g/mol. The molecule has 1 saturated carbocycles. The Bertz CT molecular complexity index is 415. The molecule has 5 nitrogen and oxygen atoms in total. The van der Waals surface area contributed by atoms with Crippen molar-refractivity contribution in [3.63, 3.8) is 0 Å². The van der Waals surface area contributed by atoms with Gasteiger partial charge < -0.3 is 15.4 Å². The highest BCUT2D eigenvalue weighted by Crippen LogP contribution is 2.33. The second-order valence-electron chi connectivity index (χ2n) is 8.28. The fraction of sp³-hybridized carbons (Fsp3) is 0.941. The Labute approximate surface area is 134 Å². The summed E-state index contributed by atoms with van der Waals surface area (Å²) in [6, 6.07) is 1.32. The highest BCUT2D eigenvalue weighted by atomic mass is 16.6. The molecule has 2 saturated heterocycles. The van der Waals surface area contributed by atoms with Crippen LogP contribution in [0.1, 0.15) is 59.3 Å². The van der Waals surface area contributed by atoms with Gasteiger partial charge in [-0.1, -0.05) is 0 Å². The number of nitrogens with zero attached hydrogens (tertiary/aromatic N) is 1. The van der Waals surface area contributed by atoms with Crippen LogP contribution in [0.5, 0.6) is 0 Å². The molecular formula is C17H31N3O2. The molecule has 22 heavy (non-hydrogen) atoms. The normalized spacial score (nSPS) is 30.7. The van der Waals surface area contributed by atoms with E-state index in [0.717, 1.165) is 25.4 Å². The summed E-state index contributed by atoms with van der Waals surface area (Å²) in [7, 11) is 0. The summed E-state index contributed by atoms with van der Waals surface area (Å²) in [6.07, 6.45) is 6.93. The standard InChI is InChI=1S/C17H31N3O2/c1-16(2,3)22-15(21)19-17(8-5-9-17)12-18-13-7-11-20-10-4-6-14(13)20/h13-14,18H,4-12H2,1-3H3,(H,19,21). The van der Waals surface area contributed by atoms with Crippen LogP contribution in [-0.4, -0.2) is 53.9 Å². The third-order valence-corrected chi connectivity index (χ3v) is 5.39. The van der Waals surface area contributed by atoms with Gasteiger partial charge in [0.05, 0.1) is 5.54 Å². The molecule has 1 aliphatic carbocycles. The van der Waals surface area contributed by atoms with Crippen LogP contribution >= 0.6 is 0 Å². The number of alkyl carbamates (subject to hydrolysis) is 1. The van der Waals surface area contributed by atoms with Gasteiger partial charge in [0.1, 0.15) is 5.60 Å². The van der Waals surface area contributed by atoms with Gasteiger partial charge in [-0.25, -0.2) is 4.79 Å². The van der Waals surface area contributed by atoms with Gasteiger partial charge in [-0.3, -0.25) is 4.90 Å². The Hall–Kier alpha value is -0.810. The fourth-order valence-corrected chi connectivity index (χ4v) is 4.12. The van der Waals surface area contributed by atoms with Gasteiger partial charge in [0, 0.05) is 25.2 Å². The molecule has 3 rings (SSSR count). The van der Waals surface area contributed by atoms with Crippen molar-refractivity contribution in [2.45, 2.75) is 82.5 Å². The molecule has 0 bridgehead atoms. The van der Waals surface area contributed by atoms with E-state index in [1.165, 1.54) is 38.8 Å². The molecule has 2 aliphatic heterocycles. The van der Waals surface area contributed by atoms with Crippen molar-refractivity contribution in [1.29, 1.82) is 0 Å². The summed E-state index contributed by atoms with van der Waals surface area (Å²) in [5.74, 6) is 0. The summed E-state index contributed by atoms with van der Waals surface area (Å²) < 4.78 is 5.42. The maximum atomic E-state index is 12.1. The largest absolute Gasteiger partial charge is 0.444 e. The highest BCUT2D eigenvalue weighted by molar-refractivity contribution is 5.69. The van der Waals surface area contributed by atoms with Crippen molar-refractivity contribution >= 4 is 6.09 Å². The molecule has 0 aromatic carbocycles. The van der Waals surface area contributed by atoms with Crippen molar-refractivity contribution in [1.82, 2.24) is 15.5 Å². The number of amides is 1. The van der Waals surface area contributed by atoms with Gasteiger partial charge in [-0.15, -0.1) is 0 Å². The van der Waals surface area contributed by atoms with Crippen LogP contribution in [0.15, 0.2) is 0 Å². The minimum absolute atomic E-state index is 0.0889. The van der Waals surface area contributed by atoms with E-state index >= 15 is 0 Å². The number of carbonyl (C=O) groups excluding carboxylic acids is 1. The Morgan fingerprint density at radius 1 is 1.23 bits per heavy atom. The van der Waals surface area contributed by atoms with Crippen molar-refractivity contribution in [2.75, 3.05) is 19.6 Å². The molecule has 1 amide bonds. The molecule has 3 aliphatic rings. The van der Waals surface area contributed by atoms with Gasteiger partial charge in [0.15, 0.2) is 0 Å². The van der Waals surface area contributed by atoms with E-state index in [4.69, 9.17) is 4.74 Å². The topological polar surface area (TPSA) is 53.6 Å². The van der Waals surface area contributed by atoms with Crippen molar-refractivity contribution in [2.24, 2.45) is 0 Å². The van der Waals surface area contributed by atoms with Crippen LogP contribution in [0, 0.1) is 0 Å². The van der Waals surface area contributed by atoms with Crippen LogP contribution in [0.25, 0.3) is 0 Å². The van der Waals surface area contributed by atoms with Gasteiger partial charge in [-0.05, 0) is 65.8 Å². The number of hydrogen-bond donors (Lipinski definition) is 2. The van der Waals surface area contributed by atoms with E-state index in [9.17, 15) is 4.79 Å². The van der Waals surface area contributed by atoms with Gasteiger partial charge in [0.25, 0.3) is 0 Å². The molecule has 0 aromatic rings. The number of carbonyl (C=O) groups is 1. The molecular weight excluding hydrogens is 278 g/mol. The number of fused-ring (bicyclic) bond motifs is 1.